The van der Waals surface area contributed by atoms with Gasteiger partial charge in [-0.2, -0.15) is 0 Å². The lowest BCUT2D eigenvalue weighted by Crippen LogP contribution is -1.83. The van der Waals surface area contributed by atoms with Gasteiger partial charge in [0.2, 0.25) is 0 Å². The molecule has 0 aliphatic carbocycles. The molecular weight excluding hydrogens is 160 g/mol. The van der Waals surface area contributed by atoms with Crippen molar-refractivity contribution in [1.82, 2.24) is 0 Å². The van der Waals surface area contributed by atoms with E-state index in [4.69, 9.17) is 5.11 Å². The predicted molar refractivity (Wildman–Crippen MR) is 58.2 cm³/mol. The summed E-state index contributed by atoms with van der Waals surface area (Å²) in [6.07, 6.45) is 10.4. The zero-order valence-corrected chi connectivity index (χ0v) is 7.81. The molecule has 0 unspecified atom stereocenters. The van der Waals surface area contributed by atoms with Crippen LogP contribution in [0.5, 0.6) is 0 Å². The van der Waals surface area contributed by atoms with E-state index in [9.17, 15) is 0 Å². The smallest absolute Gasteiger partial charge is 0.316 e. The third kappa shape index (κ3) is 13.3. The molecule has 0 atom stereocenters. The van der Waals surface area contributed by atoms with Gasteiger partial charge >= 0.3 is 23.1 Å². The van der Waals surface area contributed by atoms with Gasteiger partial charge in [0.1, 0.15) is 0 Å². The molecule has 72 valence electrons. The Balaban J connectivity index is 0. The first kappa shape index (κ1) is 15.2. The highest BCUT2D eigenvalue weighted by Gasteiger charge is 1.89. The molecule has 0 saturated heterocycles. The van der Waals surface area contributed by atoms with Gasteiger partial charge in [-0.25, -0.2) is 0 Å². The highest BCUT2D eigenvalue weighted by molar-refractivity contribution is 5.75. The maximum atomic E-state index is 8.51. The third-order valence-electron chi connectivity index (χ3n) is 2.01. The molecular formula is C10H24MgO. The number of rotatable bonds is 8. The van der Waals surface area contributed by atoms with Crippen molar-refractivity contribution in [2.45, 2.75) is 58.3 Å². The van der Waals surface area contributed by atoms with Gasteiger partial charge in [-0.3, -0.25) is 0 Å². The van der Waals surface area contributed by atoms with Crippen LogP contribution in [0.3, 0.4) is 0 Å². The van der Waals surface area contributed by atoms with Crippen molar-refractivity contribution in [1.29, 1.82) is 0 Å². The molecule has 2 heteroatoms. The van der Waals surface area contributed by atoms with Crippen LogP contribution in [-0.2, 0) is 0 Å². The average molecular weight is 185 g/mol. The van der Waals surface area contributed by atoms with E-state index in [0.717, 1.165) is 6.42 Å². The van der Waals surface area contributed by atoms with Gasteiger partial charge in [0, 0.05) is 6.61 Å². The average Bonchev–Trinajstić information content (AvgIpc) is 2.03. The van der Waals surface area contributed by atoms with E-state index in [2.05, 4.69) is 6.92 Å². The second kappa shape index (κ2) is 14.3. The molecule has 0 aromatic rings. The fourth-order valence-corrected chi connectivity index (χ4v) is 1.25. The Morgan fingerprint density at radius 3 is 1.58 bits per heavy atom. The van der Waals surface area contributed by atoms with Crippen molar-refractivity contribution >= 4 is 23.1 Å². The lowest BCUT2D eigenvalue weighted by atomic mass is 10.1. The molecule has 0 aromatic carbocycles. The molecule has 1 nitrogen and oxygen atoms in total. The van der Waals surface area contributed by atoms with Crippen LogP contribution >= 0.6 is 0 Å². The molecule has 0 aliphatic rings. The minimum atomic E-state index is 0. The fourth-order valence-electron chi connectivity index (χ4n) is 1.25. The lowest BCUT2D eigenvalue weighted by molar-refractivity contribution is 0.282. The van der Waals surface area contributed by atoms with Gasteiger partial charge in [0.05, 0.1) is 0 Å². The van der Waals surface area contributed by atoms with E-state index < -0.39 is 0 Å². The van der Waals surface area contributed by atoms with E-state index in [-0.39, 0.29) is 23.1 Å². The molecule has 0 radical (unpaired) electrons. The highest BCUT2D eigenvalue weighted by Crippen LogP contribution is 2.07. The van der Waals surface area contributed by atoms with Gasteiger partial charge in [0.25, 0.3) is 0 Å². The van der Waals surface area contributed by atoms with Crippen LogP contribution in [0.1, 0.15) is 58.3 Å². The van der Waals surface area contributed by atoms with E-state index in [0.29, 0.717) is 6.61 Å². The molecule has 0 spiro atoms. The first-order valence-corrected chi connectivity index (χ1v) is 5.02. The first-order chi connectivity index (χ1) is 5.41. The summed E-state index contributed by atoms with van der Waals surface area (Å²) in [7, 11) is 0. The molecule has 12 heavy (non-hydrogen) atoms. The zero-order chi connectivity index (χ0) is 8.36. The van der Waals surface area contributed by atoms with E-state index in [1.54, 1.807) is 0 Å². The maximum Gasteiger partial charge on any atom is 0.316 e. The van der Waals surface area contributed by atoms with Gasteiger partial charge in [-0.15, -0.1) is 0 Å². The van der Waals surface area contributed by atoms with Gasteiger partial charge in [0.15, 0.2) is 0 Å². The van der Waals surface area contributed by atoms with Crippen molar-refractivity contribution < 1.29 is 5.11 Å². The van der Waals surface area contributed by atoms with Crippen LogP contribution in [0.25, 0.3) is 0 Å². The molecule has 0 saturated carbocycles. The second-order valence-electron chi connectivity index (χ2n) is 3.20. The number of hydrogen-bond donors (Lipinski definition) is 1. The Bertz CT molecular complexity index is 58.9. The Morgan fingerprint density at radius 1 is 0.750 bits per heavy atom. The van der Waals surface area contributed by atoms with E-state index >= 15 is 0 Å². The number of hydrogen-bond acceptors (Lipinski definition) is 1. The summed E-state index contributed by atoms with van der Waals surface area (Å²) in [5, 5.41) is 8.51. The topological polar surface area (TPSA) is 20.2 Å². The predicted octanol–water partition coefficient (Wildman–Crippen LogP) is 2.20. The van der Waals surface area contributed by atoms with Crippen LogP contribution in [0.4, 0.5) is 0 Å². The standard InChI is InChI=1S/C10H22O.Mg.2H/c1-2-3-4-5-6-7-8-9-10-11;;;/h11H,2-10H2,1H3;;;. The van der Waals surface area contributed by atoms with Crippen LogP contribution < -0.4 is 0 Å². The van der Waals surface area contributed by atoms with Crippen LogP contribution in [-0.4, -0.2) is 34.8 Å². The lowest BCUT2D eigenvalue weighted by Gasteiger charge is -1.98. The van der Waals surface area contributed by atoms with E-state index in [1.165, 1.54) is 44.9 Å². The Hall–Kier alpha value is 0.726. The van der Waals surface area contributed by atoms with Crippen molar-refractivity contribution in [3.05, 3.63) is 0 Å². The molecule has 0 fully saturated rings. The minimum absolute atomic E-state index is 0. The van der Waals surface area contributed by atoms with Crippen molar-refractivity contribution in [2.24, 2.45) is 0 Å². The maximum absolute atomic E-state index is 8.51. The molecule has 0 bridgehead atoms. The molecule has 0 rings (SSSR count). The summed E-state index contributed by atoms with van der Waals surface area (Å²) in [6.45, 7) is 2.61. The Kier molecular flexibility index (Phi) is 18.1. The molecule has 0 heterocycles. The number of unbranched alkanes of at least 4 members (excludes halogenated alkanes) is 7. The third-order valence-corrected chi connectivity index (χ3v) is 2.01. The highest BCUT2D eigenvalue weighted by atomic mass is 24.3. The Labute approximate surface area is 93.1 Å². The van der Waals surface area contributed by atoms with Gasteiger partial charge < -0.3 is 5.11 Å². The van der Waals surface area contributed by atoms with Gasteiger partial charge in [-0.1, -0.05) is 51.9 Å². The largest absolute Gasteiger partial charge is 0.396 e. The number of aliphatic hydroxyl groups is 1. The second-order valence-corrected chi connectivity index (χ2v) is 3.20. The molecule has 1 N–H and O–H groups in total. The molecule has 0 aromatic heterocycles. The summed E-state index contributed by atoms with van der Waals surface area (Å²) in [6, 6.07) is 0. The van der Waals surface area contributed by atoms with Crippen molar-refractivity contribution in [2.75, 3.05) is 6.61 Å². The van der Waals surface area contributed by atoms with Crippen molar-refractivity contribution in [3.8, 4) is 0 Å². The van der Waals surface area contributed by atoms with E-state index in [1.807, 2.05) is 0 Å². The minimum Gasteiger partial charge on any atom is -0.396 e. The fraction of sp³-hybridized carbons (Fsp3) is 1.00. The van der Waals surface area contributed by atoms with Crippen LogP contribution in [0.15, 0.2) is 0 Å². The van der Waals surface area contributed by atoms with Crippen LogP contribution in [0, 0.1) is 0 Å². The normalized spacial score (nSPS) is 9.50. The monoisotopic (exact) mass is 184 g/mol. The van der Waals surface area contributed by atoms with Gasteiger partial charge in [-0.05, 0) is 6.42 Å². The summed E-state index contributed by atoms with van der Waals surface area (Å²) < 4.78 is 0. The summed E-state index contributed by atoms with van der Waals surface area (Å²) in [5.74, 6) is 0. The van der Waals surface area contributed by atoms with Crippen molar-refractivity contribution in [3.63, 3.8) is 0 Å². The summed E-state index contributed by atoms with van der Waals surface area (Å²) in [4.78, 5) is 0. The quantitative estimate of drug-likeness (QED) is 0.453. The van der Waals surface area contributed by atoms with Crippen LogP contribution in [0.2, 0.25) is 0 Å². The Morgan fingerprint density at radius 2 is 1.17 bits per heavy atom. The first-order valence-electron chi connectivity index (χ1n) is 5.02. The summed E-state index contributed by atoms with van der Waals surface area (Å²) >= 11 is 0. The summed E-state index contributed by atoms with van der Waals surface area (Å²) in [5.41, 5.74) is 0. The number of aliphatic hydroxyl groups excluding tert-OH is 1. The molecule has 0 aliphatic heterocycles. The molecule has 0 amide bonds. The zero-order valence-electron chi connectivity index (χ0n) is 7.81. The SMILES string of the molecule is CCCCCCCCCCO.[MgH2].